The van der Waals surface area contributed by atoms with Gasteiger partial charge < -0.3 is 9.73 Å². The minimum absolute atomic E-state index is 0.270. The molecule has 2 aromatic rings. The van der Waals surface area contributed by atoms with Crippen LogP contribution in [-0.4, -0.2) is 18.6 Å². The second kappa shape index (κ2) is 5.78. The first-order chi connectivity index (χ1) is 8.70. The van der Waals surface area contributed by atoms with E-state index in [2.05, 4.69) is 10.3 Å². The first kappa shape index (κ1) is 12.8. The van der Waals surface area contributed by atoms with Crippen LogP contribution in [0.5, 0.6) is 0 Å². The summed E-state index contributed by atoms with van der Waals surface area (Å²) in [7, 11) is 1.91. The Morgan fingerprint density at radius 3 is 2.94 bits per heavy atom. The Bertz CT molecular complexity index is 522. The SMILES string of the molecule is CNCCCc1ncc(-c2ccc(C)cc2F)o1. The number of nitrogens with one attached hydrogen (secondary N) is 1. The van der Waals surface area contributed by atoms with Gasteiger partial charge in [0.25, 0.3) is 0 Å². The predicted molar refractivity (Wildman–Crippen MR) is 68.9 cm³/mol. The van der Waals surface area contributed by atoms with Crippen molar-refractivity contribution in [2.24, 2.45) is 0 Å². The molecule has 1 N–H and O–H groups in total. The summed E-state index contributed by atoms with van der Waals surface area (Å²) >= 11 is 0. The number of aromatic nitrogens is 1. The summed E-state index contributed by atoms with van der Waals surface area (Å²) in [5, 5.41) is 3.06. The van der Waals surface area contributed by atoms with Crippen molar-refractivity contribution >= 4 is 0 Å². The lowest BCUT2D eigenvalue weighted by Gasteiger charge is -2.00. The smallest absolute Gasteiger partial charge is 0.194 e. The molecule has 1 heterocycles. The molecule has 0 fully saturated rings. The lowest BCUT2D eigenvalue weighted by Crippen LogP contribution is -2.08. The van der Waals surface area contributed by atoms with Crippen molar-refractivity contribution in [1.82, 2.24) is 10.3 Å². The summed E-state index contributed by atoms with van der Waals surface area (Å²) < 4.78 is 19.3. The molecule has 3 nitrogen and oxygen atoms in total. The maximum Gasteiger partial charge on any atom is 0.194 e. The minimum atomic E-state index is -0.270. The molecule has 0 aliphatic carbocycles. The fourth-order valence-electron chi connectivity index (χ4n) is 1.79. The zero-order valence-corrected chi connectivity index (χ0v) is 10.7. The van der Waals surface area contributed by atoms with Crippen LogP contribution < -0.4 is 5.32 Å². The van der Waals surface area contributed by atoms with Gasteiger partial charge in [-0.3, -0.25) is 0 Å². The topological polar surface area (TPSA) is 38.1 Å². The van der Waals surface area contributed by atoms with Crippen LogP contribution in [0.3, 0.4) is 0 Å². The summed E-state index contributed by atoms with van der Waals surface area (Å²) in [5.41, 5.74) is 1.36. The number of halogens is 1. The van der Waals surface area contributed by atoms with Crippen LogP contribution in [0.1, 0.15) is 17.9 Å². The molecule has 2 rings (SSSR count). The van der Waals surface area contributed by atoms with Gasteiger partial charge in [-0.1, -0.05) is 6.07 Å². The number of benzene rings is 1. The fourth-order valence-corrected chi connectivity index (χ4v) is 1.79. The van der Waals surface area contributed by atoms with Crippen LogP contribution in [0.25, 0.3) is 11.3 Å². The Kier molecular flexibility index (Phi) is 4.10. The molecule has 0 saturated carbocycles. The summed E-state index contributed by atoms with van der Waals surface area (Å²) in [6, 6.07) is 5.09. The molecule has 0 bridgehead atoms. The Morgan fingerprint density at radius 2 is 2.22 bits per heavy atom. The number of nitrogens with zero attached hydrogens (tertiary/aromatic N) is 1. The van der Waals surface area contributed by atoms with Crippen LogP contribution in [-0.2, 0) is 6.42 Å². The first-order valence-electron chi connectivity index (χ1n) is 6.06. The van der Waals surface area contributed by atoms with Gasteiger partial charge in [0, 0.05) is 6.42 Å². The van der Waals surface area contributed by atoms with Gasteiger partial charge in [0.1, 0.15) is 5.82 Å². The van der Waals surface area contributed by atoms with E-state index in [4.69, 9.17) is 4.42 Å². The van der Waals surface area contributed by atoms with E-state index in [9.17, 15) is 4.39 Å². The summed E-state index contributed by atoms with van der Waals surface area (Å²) in [4.78, 5) is 4.17. The second-order valence-corrected chi connectivity index (χ2v) is 4.31. The second-order valence-electron chi connectivity index (χ2n) is 4.31. The van der Waals surface area contributed by atoms with Gasteiger partial charge in [0.05, 0.1) is 11.8 Å². The van der Waals surface area contributed by atoms with Crippen molar-refractivity contribution in [3.63, 3.8) is 0 Å². The van der Waals surface area contributed by atoms with Crippen molar-refractivity contribution in [2.45, 2.75) is 19.8 Å². The summed E-state index contributed by atoms with van der Waals surface area (Å²) in [5.74, 6) is 0.875. The molecule has 0 aliphatic rings. The van der Waals surface area contributed by atoms with Crippen molar-refractivity contribution in [1.29, 1.82) is 0 Å². The third-order valence-corrected chi connectivity index (χ3v) is 2.76. The molecule has 0 saturated heterocycles. The third-order valence-electron chi connectivity index (χ3n) is 2.76. The molecular weight excluding hydrogens is 231 g/mol. The van der Waals surface area contributed by atoms with Crippen molar-refractivity contribution in [3.8, 4) is 11.3 Å². The van der Waals surface area contributed by atoms with Crippen LogP contribution in [0, 0.1) is 12.7 Å². The highest BCUT2D eigenvalue weighted by molar-refractivity contribution is 5.57. The summed E-state index contributed by atoms with van der Waals surface area (Å²) in [6.07, 6.45) is 3.30. The maximum atomic E-state index is 13.8. The molecule has 4 heteroatoms. The van der Waals surface area contributed by atoms with Crippen molar-refractivity contribution in [3.05, 3.63) is 41.7 Å². The molecular formula is C14H17FN2O. The van der Waals surface area contributed by atoms with Gasteiger partial charge >= 0.3 is 0 Å². The van der Waals surface area contributed by atoms with E-state index in [0.29, 0.717) is 17.2 Å². The van der Waals surface area contributed by atoms with E-state index >= 15 is 0 Å². The Balaban J connectivity index is 2.13. The number of aryl methyl sites for hydroxylation is 2. The quantitative estimate of drug-likeness (QED) is 0.827. The molecule has 96 valence electrons. The standard InChI is InChI=1S/C14H17FN2O/c1-10-5-6-11(12(15)8-10)13-9-17-14(18-13)4-3-7-16-2/h5-6,8-9,16H,3-4,7H2,1-2H3. The number of rotatable bonds is 5. The Hall–Kier alpha value is -1.68. The zero-order chi connectivity index (χ0) is 13.0. The zero-order valence-electron chi connectivity index (χ0n) is 10.7. The average Bonchev–Trinajstić information content (AvgIpc) is 2.78. The number of hydrogen-bond donors (Lipinski definition) is 1. The van der Waals surface area contributed by atoms with E-state index in [0.717, 1.165) is 24.9 Å². The molecule has 0 radical (unpaired) electrons. The predicted octanol–water partition coefficient (Wildman–Crippen LogP) is 2.94. The van der Waals surface area contributed by atoms with E-state index in [-0.39, 0.29) is 5.82 Å². The highest BCUT2D eigenvalue weighted by Gasteiger charge is 2.10. The van der Waals surface area contributed by atoms with Gasteiger partial charge in [0.2, 0.25) is 0 Å². The van der Waals surface area contributed by atoms with Gasteiger partial charge in [-0.05, 0) is 44.6 Å². The molecule has 0 unspecified atom stereocenters. The molecule has 1 aromatic heterocycles. The Labute approximate surface area is 106 Å². The highest BCUT2D eigenvalue weighted by Crippen LogP contribution is 2.24. The normalized spacial score (nSPS) is 10.8. The lowest BCUT2D eigenvalue weighted by molar-refractivity contribution is 0.492. The fraction of sp³-hybridized carbons (Fsp3) is 0.357. The highest BCUT2D eigenvalue weighted by atomic mass is 19.1. The minimum Gasteiger partial charge on any atom is -0.441 e. The molecule has 0 amide bonds. The largest absolute Gasteiger partial charge is 0.441 e. The van der Waals surface area contributed by atoms with Crippen molar-refractivity contribution in [2.75, 3.05) is 13.6 Å². The van der Waals surface area contributed by atoms with E-state index in [1.165, 1.54) is 6.07 Å². The van der Waals surface area contributed by atoms with Gasteiger partial charge in [0.15, 0.2) is 11.7 Å². The van der Waals surface area contributed by atoms with E-state index in [1.54, 1.807) is 12.3 Å². The number of oxazole rings is 1. The Morgan fingerprint density at radius 1 is 1.39 bits per heavy atom. The van der Waals surface area contributed by atoms with E-state index < -0.39 is 0 Å². The van der Waals surface area contributed by atoms with Crippen LogP contribution >= 0.6 is 0 Å². The number of hydrogen-bond acceptors (Lipinski definition) is 3. The molecule has 0 atom stereocenters. The molecule has 0 spiro atoms. The van der Waals surface area contributed by atoms with Crippen LogP contribution in [0.15, 0.2) is 28.8 Å². The van der Waals surface area contributed by atoms with Gasteiger partial charge in [-0.2, -0.15) is 0 Å². The average molecular weight is 248 g/mol. The monoisotopic (exact) mass is 248 g/mol. The van der Waals surface area contributed by atoms with Gasteiger partial charge in [-0.25, -0.2) is 9.37 Å². The van der Waals surface area contributed by atoms with Crippen molar-refractivity contribution < 1.29 is 8.81 Å². The summed E-state index contributed by atoms with van der Waals surface area (Å²) in [6.45, 7) is 2.77. The van der Waals surface area contributed by atoms with Crippen LogP contribution in [0.2, 0.25) is 0 Å². The molecule has 18 heavy (non-hydrogen) atoms. The molecule has 0 aliphatic heterocycles. The lowest BCUT2D eigenvalue weighted by atomic mass is 10.1. The maximum absolute atomic E-state index is 13.8. The van der Waals surface area contributed by atoms with Crippen LogP contribution in [0.4, 0.5) is 4.39 Å². The van der Waals surface area contributed by atoms with Gasteiger partial charge in [-0.15, -0.1) is 0 Å². The van der Waals surface area contributed by atoms with E-state index in [1.807, 2.05) is 20.0 Å². The third kappa shape index (κ3) is 2.96. The first-order valence-corrected chi connectivity index (χ1v) is 6.06. The molecule has 1 aromatic carbocycles.